The first kappa shape index (κ1) is 14.1. The summed E-state index contributed by atoms with van der Waals surface area (Å²) >= 11 is 1.25. The van der Waals surface area contributed by atoms with Gasteiger partial charge < -0.3 is 5.73 Å². The molecule has 0 unspecified atom stereocenters. The number of aryl methyl sites for hydroxylation is 1. The Bertz CT molecular complexity index is 702. The van der Waals surface area contributed by atoms with Crippen LogP contribution in [0, 0.1) is 24.6 Å². The van der Waals surface area contributed by atoms with E-state index >= 15 is 0 Å². The van der Waals surface area contributed by atoms with E-state index in [1.165, 1.54) is 29.5 Å². The van der Waals surface area contributed by atoms with Crippen molar-refractivity contribution in [3.63, 3.8) is 0 Å². The van der Waals surface area contributed by atoms with E-state index in [1.807, 2.05) is 0 Å². The van der Waals surface area contributed by atoms with Gasteiger partial charge in [-0.25, -0.2) is 4.39 Å². The minimum Gasteiger partial charge on any atom is -0.320 e. The largest absolute Gasteiger partial charge is 0.320 e. The number of carbonyl (C=O) groups excluding carboxylic acids is 1. The Balaban J connectivity index is 2.29. The minimum absolute atomic E-state index is 0.132. The Morgan fingerprint density at radius 1 is 1.50 bits per heavy atom. The lowest BCUT2D eigenvalue weighted by Crippen LogP contribution is -2.13. The predicted molar refractivity (Wildman–Crippen MR) is 74.9 cm³/mol. The zero-order valence-electron chi connectivity index (χ0n) is 10.6. The number of nitrogens with zero attached hydrogens (tertiary/aromatic N) is 2. The van der Waals surface area contributed by atoms with Gasteiger partial charge in [0, 0.05) is 5.56 Å². The maximum Gasteiger partial charge on any atom is 0.258 e. The predicted octanol–water partition coefficient (Wildman–Crippen LogP) is 1.55. The summed E-state index contributed by atoms with van der Waals surface area (Å²) in [6, 6.07) is 3.77. The third-order valence-corrected chi connectivity index (χ3v) is 3.05. The Morgan fingerprint density at radius 2 is 2.30 bits per heavy atom. The van der Waals surface area contributed by atoms with Crippen molar-refractivity contribution in [1.29, 1.82) is 0 Å². The molecular formula is C13H11FN4OS. The number of carbonyl (C=O) groups is 1. The second-order valence-corrected chi connectivity index (χ2v) is 4.96. The first-order chi connectivity index (χ1) is 9.60. The number of hydrogen-bond acceptors (Lipinski definition) is 5. The SMILES string of the molecule is Cc1nnc(NC(=O)c2ccc(F)cc2C#CCN)s1. The molecule has 1 heterocycles. The topological polar surface area (TPSA) is 80.9 Å². The zero-order chi connectivity index (χ0) is 14.5. The van der Waals surface area contributed by atoms with E-state index in [4.69, 9.17) is 5.73 Å². The smallest absolute Gasteiger partial charge is 0.258 e. The van der Waals surface area contributed by atoms with Crippen LogP contribution in [0.2, 0.25) is 0 Å². The summed E-state index contributed by atoms with van der Waals surface area (Å²) in [5.74, 6) is 4.40. The fourth-order valence-electron chi connectivity index (χ4n) is 1.48. The highest BCUT2D eigenvalue weighted by Gasteiger charge is 2.13. The quantitative estimate of drug-likeness (QED) is 0.822. The fraction of sp³-hybridized carbons (Fsp3) is 0.154. The van der Waals surface area contributed by atoms with Crippen LogP contribution in [0.25, 0.3) is 0 Å². The van der Waals surface area contributed by atoms with Crippen molar-refractivity contribution < 1.29 is 9.18 Å². The summed E-state index contributed by atoms with van der Waals surface area (Å²) in [5, 5.41) is 11.3. The first-order valence-electron chi connectivity index (χ1n) is 5.70. The van der Waals surface area contributed by atoms with Gasteiger partial charge in [-0.05, 0) is 25.1 Å². The van der Waals surface area contributed by atoms with Crippen LogP contribution >= 0.6 is 11.3 Å². The Hall–Kier alpha value is -2.30. The van der Waals surface area contributed by atoms with Gasteiger partial charge in [-0.3, -0.25) is 10.1 Å². The summed E-state index contributed by atoms with van der Waals surface area (Å²) in [5.41, 5.74) is 5.83. The summed E-state index contributed by atoms with van der Waals surface area (Å²) in [6.07, 6.45) is 0. The van der Waals surface area contributed by atoms with Gasteiger partial charge in [-0.1, -0.05) is 23.2 Å². The van der Waals surface area contributed by atoms with Crippen molar-refractivity contribution in [3.05, 3.63) is 40.2 Å². The molecule has 2 rings (SSSR count). The second kappa shape index (κ2) is 6.23. The van der Waals surface area contributed by atoms with Gasteiger partial charge in [0.2, 0.25) is 5.13 Å². The van der Waals surface area contributed by atoms with Crippen LogP contribution in [0.3, 0.4) is 0 Å². The third kappa shape index (κ3) is 3.38. The Morgan fingerprint density at radius 3 is 2.95 bits per heavy atom. The molecule has 0 aliphatic heterocycles. The molecule has 1 amide bonds. The maximum atomic E-state index is 13.2. The normalized spacial score (nSPS) is 9.75. The molecule has 1 aromatic heterocycles. The number of benzene rings is 1. The van der Waals surface area contributed by atoms with E-state index < -0.39 is 11.7 Å². The van der Waals surface area contributed by atoms with Gasteiger partial charge in [-0.2, -0.15) is 0 Å². The van der Waals surface area contributed by atoms with Crippen molar-refractivity contribution in [2.45, 2.75) is 6.92 Å². The number of aromatic nitrogens is 2. The van der Waals surface area contributed by atoms with Crippen LogP contribution in [0.1, 0.15) is 20.9 Å². The molecule has 20 heavy (non-hydrogen) atoms. The number of anilines is 1. The van der Waals surface area contributed by atoms with E-state index in [0.717, 1.165) is 5.01 Å². The zero-order valence-corrected chi connectivity index (χ0v) is 11.4. The average Bonchev–Trinajstić information content (AvgIpc) is 2.81. The lowest BCUT2D eigenvalue weighted by Gasteiger charge is -2.04. The molecular weight excluding hydrogens is 279 g/mol. The monoisotopic (exact) mass is 290 g/mol. The Kier molecular flexibility index (Phi) is 4.40. The third-order valence-electron chi connectivity index (χ3n) is 2.30. The molecule has 0 spiro atoms. The van der Waals surface area contributed by atoms with E-state index in [-0.39, 0.29) is 17.7 Å². The molecule has 1 aromatic carbocycles. The summed E-state index contributed by atoms with van der Waals surface area (Å²) < 4.78 is 13.2. The average molecular weight is 290 g/mol. The fourth-order valence-corrected chi connectivity index (χ4v) is 2.06. The number of halogens is 1. The van der Waals surface area contributed by atoms with Crippen molar-refractivity contribution >= 4 is 22.4 Å². The highest BCUT2D eigenvalue weighted by Crippen LogP contribution is 2.17. The molecule has 3 N–H and O–H groups in total. The van der Waals surface area contributed by atoms with Crippen molar-refractivity contribution in [3.8, 4) is 11.8 Å². The Labute approximate surface area is 119 Å². The van der Waals surface area contributed by atoms with E-state index in [1.54, 1.807) is 6.92 Å². The molecule has 7 heteroatoms. The van der Waals surface area contributed by atoms with E-state index in [0.29, 0.717) is 5.13 Å². The van der Waals surface area contributed by atoms with Gasteiger partial charge in [0.15, 0.2) is 0 Å². The van der Waals surface area contributed by atoms with Crippen LogP contribution in [0.15, 0.2) is 18.2 Å². The number of hydrogen-bond donors (Lipinski definition) is 2. The van der Waals surface area contributed by atoms with Gasteiger partial charge in [0.1, 0.15) is 10.8 Å². The summed E-state index contributed by atoms with van der Waals surface area (Å²) in [4.78, 5) is 12.1. The standard InChI is InChI=1S/C13H11FN4OS/c1-8-17-18-13(20-8)16-12(19)11-5-4-10(14)7-9(11)3-2-6-15/h4-5,7H,6,15H2,1H3,(H,16,18,19). The molecule has 0 atom stereocenters. The lowest BCUT2D eigenvalue weighted by atomic mass is 10.1. The highest BCUT2D eigenvalue weighted by atomic mass is 32.1. The molecule has 2 aromatic rings. The van der Waals surface area contributed by atoms with Gasteiger partial charge >= 0.3 is 0 Å². The van der Waals surface area contributed by atoms with Crippen molar-refractivity contribution in [2.75, 3.05) is 11.9 Å². The number of nitrogens with two attached hydrogens (primary N) is 1. The number of rotatable bonds is 2. The molecule has 0 aliphatic rings. The van der Waals surface area contributed by atoms with Crippen LogP contribution in [-0.4, -0.2) is 22.6 Å². The number of amides is 1. The molecule has 0 aliphatic carbocycles. The van der Waals surface area contributed by atoms with Crippen molar-refractivity contribution in [1.82, 2.24) is 10.2 Å². The second-order valence-electron chi connectivity index (χ2n) is 3.78. The van der Waals surface area contributed by atoms with E-state index in [2.05, 4.69) is 27.4 Å². The van der Waals surface area contributed by atoms with Crippen LogP contribution in [0.5, 0.6) is 0 Å². The van der Waals surface area contributed by atoms with E-state index in [9.17, 15) is 9.18 Å². The van der Waals surface area contributed by atoms with Gasteiger partial charge in [-0.15, -0.1) is 10.2 Å². The lowest BCUT2D eigenvalue weighted by molar-refractivity contribution is 0.102. The highest BCUT2D eigenvalue weighted by molar-refractivity contribution is 7.15. The molecule has 5 nitrogen and oxygen atoms in total. The van der Waals surface area contributed by atoms with Gasteiger partial charge in [0.05, 0.1) is 12.1 Å². The molecule has 0 fully saturated rings. The first-order valence-corrected chi connectivity index (χ1v) is 6.51. The minimum atomic E-state index is -0.463. The van der Waals surface area contributed by atoms with Crippen LogP contribution in [-0.2, 0) is 0 Å². The van der Waals surface area contributed by atoms with Gasteiger partial charge in [0.25, 0.3) is 5.91 Å². The molecule has 0 radical (unpaired) electrons. The van der Waals surface area contributed by atoms with Crippen LogP contribution < -0.4 is 11.1 Å². The number of nitrogens with one attached hydrogen (secondary N) is 1. The van der Waals surface area contributed by atoms with Crippen LogP contribution in [0.4, 0.5) is 9.52 Å². The molecule has 0 saturated heterocycles. The molecule has 102 valence electrons. The molecule has 0 saturated carbocycles. The maximum absolute atomic E-state index is 13.2. The van der Waals surface area contributed by atoms with Crippen molar-refractivity contribution in [2.24, 2.45) is 5.73 Å². The molecule has 0 bridgehead atoms. The summed E-state index contributed by atoms with van der Waals surface area (Å²) in [7, 11) is 0. The summed E-state index contributed by atoms with van der Waals surface area (Å²) in [6.45, 7) is 1.91.